The van der Waals surface area contributed by atoms with Gasteiger partial charge in [-0.05, 0) is 31.2 Å². The topological polar surface area (TPSA) is 83.3 Å². The van der Waals surface area contributed by atoms with Gasteiger partial charge < -0.3 is 15.3 Å². The average Bonchev–Trinajstić information content (AvgIpc) is 2.96. The van der Waals surface area contributed by atoms with Gasteiger partial charge in [-0.15, -0.1) is 5.10 Å². The summed E-state index contributed by atoms with van der Waals surface area (Å²) in [6.45, 7) is 10.4. The Hall–Kier alpha value is -1.47. The molecule has 0 spiro atoms. The number of likely N-dealkylation sites (tertiary alicyclic amines) is 1. The summed E-state index contributed by atoms with van der Waals surface area (Å²) in [5, 5.41) is 19.6. The maximum atomic E-state index is 11.9. The molecule has 1 aromatic heterocycles. The number of piperidine rings is 1. The van der Waals surface area contributed by atoms with Crippen LogP contribution in [0.1, 0.15) is 56.6 Å². The second-order valence-electron chi connectivity index (χ2n) is 7.51. The lowest BCUT2D eigenvalue weighted by Gasteiger charge is -2.36. The van der Waals surface area contributed by atoms with Crippen LogP contribution in [0.2, 0.25) is 0 Å². The summed E-state index contributed by atoms with van der Waals surface area (Å²) in [5.41, 5.74) is 0.623. The highest BCUT2D eigenvalue weighted by molar-refractivity contribution is 5.91. The number of aliphatic hydroxyl groups is 1. The number of hydrogen-bond acceptors (Lipinski definition) is 5. The van der Waals surface area contributed by atoms with E-state index in [0.29, 0.717) is 18.7 Å². The Morgan fingerprint density at radius 2 is 2.26 bits per heavy atom. The standard InChI is InChI=1S/C16H29N5O2/c1-16(2,3)12-20-8-4-6-13(10-20)21-11-14(18-19-21)15(23)17-7-5-9-22/h11,13,22H,4-10,12H2,1-3H3,(H,17,23)/t13-/m1/s1. The first-order valence-electron chi connectivity index (χ1n) is 8.42. The van der Waals surface area contributed by atoms with Gasteiger partial charge in [0.05, 0.1) is 12.2 Å². The molecule has 2 N–H and O–H groups in total. The number of aliphatic hydroxyl groups excluding tert-OH is 1. The summed E-state index contributed by atoms with van der Waals surface area (Å²) in [4.78, 5) is 14.4. The molecule has 1 aliphatic rings. The van der Waals surface area contributed by atoms with Crippen LogP contribution >= 0.6 is 0 Å². The molecule has 1 aliphatic heterocycles. The third-order valence-corrected chi connectivity index (χ3v) is 3.92. The Bertz CT molecular complexity index is 509. The highest BCUT2D eigenvalue weighted by atomic mass is 16.3. The molecule has 0 radical (unpaired) electrons. The van der Waals surface area contributed by atoms with Crippen LogP contribution in [0.3, 0.4) is 0 Å². The molecule has 0 unspecified atom stereocenters. The monoisotopic (exact) mass is 323 g/mol. The molecule has 0 bridgehead atoms. The number of hydrogen-bond donors (Lipinski definition) is 2. The quantitative estimate of drug-likeness (QED) is 0.765. The molecule has 0 aromatic carbocycles. The molecule has 7 nitrogen and oxygen atoms in total. The minimum Gasteiger partial charge on any atom is -0.396 e. The summed E-state index contributed by atoms with van der Waals surface area (Å²) in [6.07, 6.45) is 4.48. The predicted molar refractivity (Wildman–Crippen MR) is 88.2 cm³/mol. The highest BCUT2D eigenvalue weighted by Gasteiger charge is 2.26. The van der Waals surface area contributed by atoms with Gasteiger partial charge in [0.25, 0.3) is 5.91 Å². The minimum absolute atomic E-state index is 0.0681. The molecule has 1 amide bonds. The summed E-state index contributed by atoms with van der Waals surface area (Å²) < 4.78 is 1.83. The van der Waals surface area contributed by atoms with Crippen molar-refractivity contribution in [3.63, 3.8) is 0 Å². The molecule has 1 saturated heterocycles. The molecule has 1 aromatic rings. The van der Waals surface area contributed by atoms with E-state index in [1.807, 2.05) is 4.68 Å². The largest absolute Gasteiger partial charge is 0.396 e. The lowest BCUT2D eigenvalue weighted by molar-refractivity contribution is 0.0946. The maximum absolute atomic E-state index is 11.9. The van der Waals surface area contributed by atoms with E-state index in [4.69, 9.17) is 5.11 Å². The van der Waals surface area contributed by atoms with Crippen molar-refractivity contribution < 1.29 is 9.90 Å². The van der Waals surface area contributed by atoms with E-state index in [1.165, 1.54) is 0 Å². The summed E-state index contributed by atoms with van der Waals surface area (Å²) in [7, 11) is 0. The van der Waals surface area contributed by atoms with Gasteiger partial charge in [0, 0.05) is 26.2 Å². The van der Waals surface area contributed by atoms with Crippen LogP contribution in [0.4, 0.5) is 0 Å². The number of aromatic nitrogens is 3. The molecule has 7 heteroatoms. The summed E-state index contributed by atoms with van der Waals surface area (Å²) >= 11 is 0. The highest BCUT2D eigenvalue weighted by Crippen LogP contribution is 2.24. The van der Waals surface area contributed by atoms with Gasteiger partial charge in [0.2, 0.25) is 0 Å². The van der Waals surface area contributed by atoms with Crippen molar-refractivity contribution in [3.8, 4) is 0 Å². The third kappa shape index (κ3) is 5.58. The minimum atomic E-state index is -0.230. The van der Waals surface area contributed by atoms with Gasteiger partial charge >= 0.3 is 0 Å². The van der Waals surface area contributed by atoms with Crippen molar-refractivity contribution in [1.82, 2.24) is 25.2 Å². The Morgan fingerprint density at radius 3 is 2.96 bits per heavy atom. The Kier molecular flexibility index (Phi) is 6.12. The van der Waals surface area contributed by atoms with E-state index < -0.39 is 0 Å². The van der Waals surface area contributed by atoms with Crippen LogP contribution in [-0.2, 0) is 0 Å². The van der Waals surface area contributed by atoms with Gasteiger partial charge in [-0.25, -0.2) is 4.68 Å². The van der Waals surface area contributed by atoms with Crippen LogP contribution in [0, 0.1) is 5.41 Å². The second-order valence-corrected chi connectivity index (χ2v) is 7.51. The predicted octanol–water partition coefficient (Wildman–Crippen LogP) is 1.07. The van der Waals surface area contributed by atoms with Gasteiger partial charge in [0.1, 0.15) is 0 Å². The fraction of sp³-hybridized carbons (Fsp3) is 0.812. The number of nitrogens with one attached hydrogen (secondary N) is 1. The number of carbonyl (C=O) groups excluding carboxylic acids is 1. The zero-order valence-corrected chi connectivity index (χ0v) is 14.5. The first kappa shape index (κ1) is 17.9. The molecule has 130 valence electrons. The molecule has 0 aliphatic carbocycles. The number of rotatable bonds is 6. The van der Waals surface area contributed by atoms with Crippen LogP contribution in [-0.4, -0.2) is 63.7 Å². The normalized spacial score (nSPS) is 19.7. The third-order valence-electron chi connectivity index (χ3n) is 3.92. The van der Waals surface area contributed by atoms with E-state index >= 15 is 0 Å². The maximum Gasteiger partial charge on any atom is 0.273 e. The lowest BCUT2D eigenvalue weighted by Crippen LogP contribution is -2.41. The summed E-state index contributed by atoms with van der Waals surface area (Å²) in [6, 6.07) is 0.276. The van der Waals surface area contributed by atoms with Crippen molar-refractivity contribution in [2.75, 3.05) is 32.8 Å². The fourth-order valence-corrected chi connectivity index (χ4v) is 2.99. The van der Waals surface area contributed by atoms with E-state index in [0.717, 1.165) is 32.5 Å². The molecule has 2 rings (SSSR count). The second kappa shape index (κ2) is 7.88. The molecular formula is C16H29N5O2. The van der Waals surface area contributed by atoms with E-state index in [9.17, 15) is 4.79 Å². The zero-order valence-electron chi connectivity index (χ0n) is 14.5. The molecule has 2 heterocycles. The van der Waals surface area contributed by atoms with Crippen molar-refractivity contribution in [2.45, 2.75) is 46.1 Å². The van der Waals surface area contributed by atoms with Gasteiger partial charge in [-0.2, -0.15) is 0 Å². The fourth-order valence-electron chi connectivity index (χ4n) is 2.99. The smallest absolute Gasteiger partial charge is 0.273 e. The van der Waals surface area contributed by atoms with Gasteiger partial charge in [-0.3, -0.25) is 4.79 Å². The van der Waals surface area contributed by atoms with Crippen LogP contribution in [0.5, 0.6) is 0 Å². The van der Waals surface area contributed by atoms with Crippen LogP contribution < -0.4 is 5.32 Å². The number of carbonyl (C=O) groups is 1. The summed E-state index contributed by atoms with van der Waals surface area (Å²) in [5.74, 6) is -0.230. The van der Waals surface area contributed by atoms with Crippen molar-refractivity contribution in [1.29, 1.82) is 0 Å². The van der Waals surface area contributed by atoms with Gasteiger partial charge in [0.15, 0.2) is 5.69 Å². The molecule has 1 atom stereocenters. The Morgan fingerprint density at radius 1 is 1.48 bits per heavy atom. The first-order chi connectivity index (χ1) is 10.9. The number of nitrogens with zero attached hydrogens (tertiary/aromatic N) is 4. The molecule has 23 heavy (non-hydrogen) atoms. The van der Waals surface area contributed by atoms with Crippen LogP contribution in [0.25, 0.3) is 0 Å². The van der Waals surface area contributed by atoms with E-state index in [1.54, 1.807) is 6.20 Å². The van der Waals surface area contributed by atoms with Crippen molar-refractivity contribution in [3.05, 3.63) is 11.9 Å². The van der Waals surface area contributed by atoms with E-state index in [-0.39, 0.29) is 24.0 Å². The molecule has 0 saturated carbocycles. The van der Waals surface area contributed by atoms with Gasteiger partial charge in [-0.1, -0.05) is 26.0 Å². The van der Waals surface area contributed by atoms with Crippen molar-refractivity contribution in [2.24, 2.45) is 5.41 Å². The first-order valence-corrected chi connectivity index (χ1v) is 8.42. The SMILES string of the molecule is CC(C)(C)CN1CCC[C@@H](n2cc(C(=O)NCCCO)nn2)C1. The number of amides is 1. The zero-order chi connectivity index (χ0) is 16.9. The molecular weight excluding hydrogens is 294 g/mol. The van der Waals surface area contributed by atoms with Crippen molar-refractivity contribution >= 4 is 5.91 Å². The lowest BCUT2D eigenvalue weighted by atomic mass is 9.94. The Balaban J connectivity index is 1.93. The Labute approximate surface area is 138 Å². The average molecular weight is 323 g/mol. The van der Waals surface area contributed by atoms with E-state index in [2.05, 4.69) is 41.3 Å². The molecule has 1 fully saturated rings. The van der Waals surface area contributed by atoms with Crippen LogP contribution in [0.15, 0.2) is 6.20 Å².